The number of aliphatic imine (C=N–C) groups is 1. The van der Waals surface area contributed by atoms with Gasteiger partial charge in [-0.25, -0.2) is 9.50 Å². The largest absolute Gasteiger partial charge is 0.463 e. The van der Waals surface area contributed by atoms with Gasteiger partial charge in [-0.05, 0) is 25.2 Å². The first kappa shape index (κ1) is 14.9. The van der Waals surface area contributed by atoms with E-state index in [-0.39, 0.29) is 0 Å². The molecule has 3 aromatic heterocycles. The molecule has 7 heteroatoms. The van der Waals surface area contributed by atoms with E-state index in [1.54, 1.807) is 24.0 Å². The summed E-state index contributed by atoms with van der Waals surface area (Å²) in [6.07, 6.45) is 5.39. The van der Waals surface area contributed by atoms with Crippen molar-refractivity contribution in [3.05, 3.63) is 36.2 Å². The normalized spacial score (nSPS) is 16.5. The standard InChI is InChI=1S/C17H20N6O/c1-18-12-13-16(14-4-3-11-24-14)20-23-6-5-15(19-17(13)23)22-9-7-21(2)8-10-22/h3-6,11-12H,7-10H2,1-2H3. The molecule has 0 aliphatic carbocycles. The molecule has 0 radical (unpaired) electrons. The first-order valence-electron chi connectivity index (χ1n) is 8.05. The highest BCUT2D eigenvalue weighted by Crippen LogP contribution is 2.26. The summed E-state index contributed by atoms with van der Waals surface area (Å²) in [5, 5.41) is 4.61. The Balaban J connectivity index is 1.79. The van der Waals surface area contributed by atoms with E-state index in [1.807, 2.05) is 24.4 Å². The highest BCUT2D eigenvalue weighted by atomic mass is 16.3. The summed E-state index contributed by atoms with van der Waals surface area (Å²) in [7, 11) is 3.90. The summed E-state index contributed by atoms with van der Waals surface area (Å²) in [6, 6.07) is 5.77. The molecule has 0 N–H and O–H groups in total. The minimum atomic E-state index is 0.719. The van der Waals surface area contributed by atoms with Gasteiger partial charge in [0.25, 0.3) is 0 Å². The highest BCUT2D eigenvalue weighted by molar-refractivity contribution is 5.95. The average Bonchev–Trinajstić information content (AvgIpc) is 3.24. The molecule has 0 spiro atoms. The summed E-state index contributed by atoms with van der Waals surface area (Å²) in [5.41, 5.74) is 2.43. The van der Waals surface area contributed by atoms with Crippen LogP contribution < -0.4 is 4.90 Å². The van der Waals surface area contributed by atoms with E-state index in [9.17, 15) is 0 Å². The Bertz CT molecular complexity index is 859. The van der Waals surface area contributed by atoms with E-state index in [2.05, 4.69) is 26.9 Å². The van der Waals surface area contributed by atoms with Crippen LogP contribution in [0.25, 0.3) is 17.1 Å². The van der Waals surface area contributed by atoms with Crippen molar-refractivity contribution in [1.29, 1.82) is 0 Å². The van der Waals surface area contributed by atoms with Crippen LogP contribution in [0.1, 0.15) is 5.56 Å². The number of hydrogen-bond acceptors (Lipinski definition) is 6. The molecule has 0 amide bonds. The zero-order valence-electron chi connectivity index (χ0n) is 13.9. The molecule has 1 aliphatic rings. The third-order valence-electron chi connectivity index (χ3n) is 4.35. The summed E-state index contributed by atoms with van der Waals surface area (Å²) >= 11 is 0. The number of hydrogen-bond donors (Lipinski definition) is 0. The van der Waals surface area contributed by atoms with E-state index in [0.29, 0.717) is 0 Å². The number of furan rings is 1. The molecule has 0 saturated carbocycles. The summed E-state index contributed by atoms with van der Waals surface area (Å²) in [4.78, 5) is 13.7. The first-order chi connectivity index (χ1) is 11.8. The predicted molar refractivity (Wildman–Crippen MR) is 93.9 cm³/mol. The number of likely N-dealkylation sites (N-methyl/N-ethyl adjacent to an activating group) is 1. The lowest BCUT2D eigenvalue weighted by Crippen LogP contribution is -2.44. The third-order valence-corrected chi connectivity index (χ3v) is 4.35. The Labute approximate surface area is 140 Å². The van der Waals surface area contributed by atoms with E-state index in [4.69, 9.17) is 9.40 Å². The number of nitrogens with zero attached hydrogens (tertiary/aromatic N) is 6. The van der Waals surface area contributed by atoms with Crippen molar-refractivity contribution in [2.45, 2.75) is 0 Å². The van der Waals surface area contributed by atoms with Gasteiger partial charge in [-0.15, -0.1) is 0 Å². The smallest absolute Gasteiger partial charge is 0.166 e. The molecule has 0 aromatic carbocycles. The number of piperazine rings is 1. The van der Waals surface area contributed by atoms with Gasteiger partial charge >= 0.3 is 0 Å². The molecule has 0 atom stereocenters. The molecule has 0 bridgehead atoms. The Morgan fingerprint density at radius 3 is 2.75 bits per heavy atom. The molecule has 4 heterocycles. The summed E-state index contributed by atoms with van der Waals surface area (Å²) in [6.45, 7) is 4.06. The molecule has 3 aromatic rings. The van der Waals surface area contributed by atoms with E-state index >= 15 is 0 Å². The van der Waals surface area contributed by atoms with Crippen molar-refractivity contribution in [3.63, 3.8) is 0 Å². The minimum absolute atomic E-state index is 0.719. The fourth-order valence-electron chi connectivity index (χ4n) is 2.99. The van der Waals surface area contributed by atoms with Gasteiger partial charge in [0.15, 0.2) is 11.4 Å². The lowest BCUT2D eigenvalue weighted by molar-refractivity contribution is 0.312. The van der Waals surface area contributed by atoms with Crippen LogP contribution in [0.5, 0.6) is 0 Å². The lowest BCUT2D eigenvalue weighted by Gasteiger charge is -2.33. The van der Waals surface area contributed by atoms with E-state index < -0.39 is 0 Å². The molecular weight excluding hydrogens is 304 g/mol. The SMILES string of the molecule is CN=Cc1c(-c2ccco2)nn2ccc(N3CCN(C)CC3)nc12. The van der Waals surface area contributed by atoms with Gasteiger partial charge in [-0.3, -0.25) is 4.99 Å². The Morgan fingerprint density at radius 1 is 1.21 bits per heavy atom. The van der Waals surface area contributed by atoms with Gasteiger partial charge in [-0.2, -0.15) is 5.10 Å². The van der Waals surface area contributed by atoms with Gasteiger partial charge in [0.1, 0.15) is 11.5 Å². The van der Waals surface area contributed by atoms with Crippen LogP contribution in [0.3, 0.4) is 0 Å². The van der Waals surface area contributed by atoms with Gasteiger partial charge < -0.3 is 14.2 Å². The number of aromatic nitrogens is 3. The van der Waals surface area contributed by atoms with Crippen molar-refractivity contribution in [2.24, 2.45) is 4.99 Å². The Hall–Kier alpha value is -2.67. The van der Waals surface area contributed by atoms with Crippen LogP contribution in [-0.4, -0.2) is 66.0 Å². The van der Waals surface area contributed by atoms with Crippen LogP contribution in [0.15, 0.2) is 40.1 Å². The topological polar surface area (TPSA) is 62.2 Å². The quantitative estimate of drug-likeness (QED) is 0.687. The van der Waals surface area contributed by atoms with Crippen molar-refractivity contribution < 1.29 is 4.42 Å². The first-order valence-corrected chi connectivity index (χ1v) is 8.05. The maximum atomic E-state index is 5.51. The molecule has 24 heavy (non-hydrogen) atoms. The van der Waals surface area contributed by atoms with Gasteiger partial charge in [0.2, 0.25) is 0 Å². The van der Waals surface area contributed by atoms with Crippen LogP contribution in [0.4, 0.5) is 5.82 Å². The zero-order chi connectivity index (χ0) is 16.5. The second kappa shape index (κ2) is 6.09. The fourth-order valence-corrected chi connectivity index (χ4v) is 2.99. The van der Waals surface area contributed by atoms with Crippen LogP contribution in [0.2, 0.25) is 0 Å². The maximum Gasteiger partial charge on any atom is 0.166 e. The molecule has 124 valence electrons. The zero-order valence-corrected chi connectivity index (χ0v) is 13.9. The Kier molecular flexibility index (Phi) is 3.78. The van der Waals surface area contributed by atoms with E-state index in [0.717, 1.165) is 54.7 Å². The van der Waals surface area contributed by atoms with Gasteiger partial charge in [-0.1, -0.05) is 0 Å². The van der Waals surface area contributed by atoms with Crippen molar-refractivity contribution in [2.75, 3.05) is 45.2 Å². The molecule has 7 nitrogen and oxygen atoms in total. The minimum Gasteiger partial charge on any atom is -0.463 e. The number of rotatable bonds is 3. The summed E-state index contributed by atoms with van der Waals surface area (Å²) < 4.78 is 7.30. The highest BCUT2D eigenvalue weighted by Gasteiger charge is 2.19. The average molecular weight is 324 g/mol. The summed E-state index contributed by atoms with van der Waals surface area (Å²) in [5.74, 6) is 1.70. The Morgan fingerprint density at radius 2 is 2.04 bits per heavy atom. The van der Waals surface area contributed by atoms with Crippen molar-refractivity contribution in [3.8, 4) is 11.5 Å². The molecule has 1 aliphatic heterocycles. The van der Waals surface area contributed by atoms with Gasteiger partial charge in [0, 0.05) is 45.6 Å². The third kappa shape index (κ3) is 2.56. The van der Waals surface area contributed by atoms with Crippen molar-refractivity contribution in [1.82, 2.24) is 19.5 Å². The van der Waals surface area contributed by atoms with Crippen LogP contribution in [-0.2, 0) is 0 Å². The molecule has 4 rings (SSSR count). The molecule has 0 unspecified atom stereocenters. The second-order valence-electron chi connectivity index (χ2n) is 5.97. The molecular formula is C17H20N6O. The molecule has 1 saturated heterocycles. The number of fused-ring (bicyclic) bond motifs is 1. The van der Waals surface area contributed by atoms with E-state index in [1.165, 1.54) is 0 Å². The van der Waals surface area contributed by atoms with Crippen LogP contribution >= 0.6 is 0 Å². The molecule has 1 fully saturated rings. The maximum absolute atomic E-state index is 5.51. The second-order valence-corrected chi connectivity index (χ2v) is 5.97. The van der Waals surface area contributed by atoms with Gasteiger partial charge in [0.05, 0.1) is 11.8 Å². The number of anilines is 1. The van der Waals surface area contributed by atoms with Crippen LogP contribution in [0, 0.1) is 0 Å². The fraction of sp³-hybridized carbons (Fsp3) is 0.353. The predicted octanol–water partition coefficient (Wildman–Crippen LogP) is 1.79. The monoisotopic (exact) mass is 324 g/mol. The van der Waals surface area contributed by atoms with Crippen molar-refractivity contribution >= 4 is 17.7 Å². The lowest BCUT2D eigenvalue weighted by atomic mass is 10.2.